The SMILES string of the molecule is Cc1ccc2c(c1F)N(C(=O)C1CCS(=O)(=O)c3ccccc31)CCC2. The molecule has 4 nitrogen and oxygen atoms in total. The number of carbonyl (C=O) groups is 1. The molecule has 1 unspecified atom stereocenters. The Kier molecular flexibility index (Phi) is 4.10. The van der Waals surface area contributed by atoms with E-state index in [9.17, 15) is 17.6 Å². The molecule has 4 rings (SSSR count). The van der Waals surface area contributed by atoms with Crippen LogP contribution in [0.1, 0.15) is 35.4 Å². The van der Waals surface area contributed by atoms with E-state index in [4.69, 9.17) is 0 Å². The number of benzene rings is 2. The number of anilines is 1. The number of fused-ring (bicyclic) bond motifs is 2. The molecule has 0 spiro atoms. The fraction of sp³-hybridized carbons (Fsp3) is 0.350. The number of carbonyl (C=O) groups excluding carboxylic acids is 1. The van der Waals surface area contributed by atoms with Gasteiger partial charge in [-0.2, -0.15) is 0 Å². The molecular weight excluding hydrogens is 353 g/mol. The second kappa shape index (κ2) is 6.20. The molecule has 136 valence electrons. The molecule has 2 heterocycles. The molecule has 0 saturated heterocycles. The summed E-state index contributed by atoms with van der Waals surface area (Å²) >= 11 is 0. The van der Waals surface area contributed by atoms with E-state index in [0.29, 0.717) is 23.4 Å². The Hall–Kier alpha value is -2.21. The molecule has 26 heavy (non-hydrogen) atoms. The van der Waals surface area contributed by atoms with Crippen LogP contribution >= 0.6 is 0 Å². The Morgan fingerprint density at radius 3 is 2.77 bits per heavy atom. The molecule has 0 radical (unpaired) electrons. The van der Waals surface area contributed by atoms with E-state index in [1.165, 1.54) is 4.90 Å². The van der Waals surface area contributed by atoms with Crippen molar-refractivity contribution in [2.45, 2.75) is 37.0 Å². The summed E-state index contributed by atoms with van der Waals surface area (Å²) in [6.07, 6.45) is 1.75. The second-order valence-corrected chi connectivity index (χ2v) is 9.07. The van der Waals surface area contributed by atoms with Crippen LogP contribution in [0.3, 0.4) is 0 Å². The van der Waals surface area contributed by atoms with E-state index < -0.39 is 15.8 Å². The summed E-state index contributed by atoms with van der Waals surface area (Å²) in [5, 5.41) is 0. The van der Waals surface area contributed by atoms with Gasteiger partial charge in [0.1, 0.15) is 5.82 Å². The van der Waals surface area contributed by atoms with E-state index >= 15 is 0 Å². The topological polar surface area (TPSA) is 54.5 Å². The largest absolute Gasteiger partial charge is 0.309 e. The Labute approximate surface area is 152 Å². The Morgan fingerprint density at radius 1 is 1.19 bits per heavy atom. The van der Waals surface area contributed by atoms with Crippen molar-refractivity contribution < 1.29 is 17.6 Å². The molecule has 2 aliphatic rings. The lowest BCUT2D eigenvalue weighted by atomic mass is 9.92. The highest BCUT2D eigenvalue weighted by Crippen LogP contribution is 2.38. The lowest BCUT2D eigenvalue weighted by Gasteiger charge is -2.34. The molecule has 0 fully saturated rings. The van der Waals surface area contributed by atoms with E-state index in [2.05, 4.69) is 0 Å². The number of aryl methyl sites for hydroxylation is 2. The van der Waals surface area contributed by atoms with Crippen LogP contribution in [-0.2, 0) is 21.1 Å². The van der Waals surface area contributed by atoms with Gasteiger partial charge in [0.05, 0.1) is 22.3 Å². The molecule has 0 aromatic heterocycles. The normalized spacial score (nSPS) is 21.0. The maximum atomic E-state index is 14.8. The first-order valence-corrected chi connectivity index (χ1v) is 10.5. The van der Waals surface area contributed by atoms with Crippen molar-refractivity contribution in [3.05, 3.63) is 58.9 Å². The van der Waals surface area contributed by atoms with Gasteiger partial charge in [0.15, 0.2) is 9.84 Å². The minimum absolute atomic E-state index is 0.0581. The van der Waals surface area contributed by atoms with Gasteiger partial charge in [-0.15, -0.1) is 0 Å². The second-order valence-electron chi connectivity index (χ2n) is 7.00. The van der Waals surface area contributed by atoms with Crippen LogP contribution in [0, 0.1) is 12.7 Å². The first-order chi connectivity index (χ1) is 12.4. The molecule has 1 amide bonds. The minimum atomic E-state index is -3.36. The highest BCUT2D eigenvalue weighted by molar-refractivity contribution is 7.91. The van der Waals surface area contributed by atoms with E-state index in [1.807, 2.05) is 6.07 Å². The van der Waals surface area contributed by atoms with E-state index in [-0.39, 0.29) is 28.8 Å². The molecule has 1 atom stereocenters. The molecule has 2 aromatic carbocycles. The fourth-order valence-electron chi connectivity index (χ4n) is 3.99. The Balaban J connectivity index is 1.78. The number of hydrogen-bond donors (Lipinski definition) is 0. The zero-order valence-electron chi connectivity index (χ0n) is 14.5. The standard InChI is InChI=1S/C20H20FNO3S/c1-13-8-9-14-5-4-11-22(19(14)18(13)21)20(23)16-10-12-26(24,25)17-7-3-2-6-15(16)17/h2-3,6-9,16H,4-5,10-12H2,1H3. The third kappa shape index (κ3) is 2.63. The smallest absolute Gasteiger partial charge is 0.234 e. The third-order valence-electron chi connectivity index (χ3n) is 5.36. The lowest BCUT2D eigenvalue weighted by Crippen LogP contribution is -2.41. The Morgan fingerprint density at radius 2 is 1.96 bits per heavy atom. The van der Waals surface area contributed by atoms with E-state index in [1.54, 1.807) is 37.3 Å². The number of hydrogen-bond acceptors (Lipinski definition) is 3. The summed E-state index contributed by atoms with van der Waals surface area (Å²) in [7, 11) is -3.36. The summed E-state index contributed by atoms with van der Waals surface area (Å²) in [4.78, 5) is 15.1. The highest BCUT2D eigenvalue weighted by Gasteiger charge is 2.38. The quantitative estimate of drug-likeness (QED) is 0.770. The van der Waals surface area contributed by atoms with Gasteiger partial charge in [-0.1, -0.05) is 30.3 Å². The molecule has 0 aliphatic carbocycles. The molecular formula is C20H20FNO3S. The van der Waals surface area contributed by atoms with Crippen molar-refractivity contribution in [3.63, 3.8) is 0 Å². The summed E-state index contributed by atoms with van der Waals surface area (Å²) in [5.41, 5.74) is 2.25. The highest BCUT2D eigenvalue weighted by atomic mass is 32.2. The van der Waals surface area contributed by atoms with Gasteiger partial charge in [0.2, 0.25) is 5.91 Å². The molecule has 2 aliphatic heterocycles. The van der Waals surface area contributed by atoms with Gasteiger partial charge in [0, 0.05) is 6.54 Å². The van der Waals surface area contributed by atoms with Crippen LogP contribution in [0.5, 0.6) is 0 Å². The number of amides is 1. The van der Waals surface area contributed by atoms with Crippen LogP contribution in [0.15, 0.2) is 41.3 Å². The zero-order chi connectivity index (χ0) is 18.5. The van der Waals surface area contributed by atoms with Crippen molar-refractivity contribution in [1.29, 1.82) is 0 Å². The molecule has 2 aromatic rings. The number of sulfone groups is 1. The molecule has 6 heteroatoms. The Bertz CT molecular complexity index is 1000. The molecule has 0 N–H and O–H groups in total. The predicted molar refractivity (Wildman–Crippen MR) is 97.7 cm³/mol. The van der Waals surface area contributed by atoms with E-state index in [0.717, 1.165) is 18.4 Å². The van der Waals surface area contributed by atoms with Gasteiger partial charge in [-0.3, -0.25) is 4.79 Å². The first-order valence-electron chi connectivity index (χ1n) is 8.81. The minimum Gasteiger partial charge on any atom is -0.309 e. The molecule has 0 saturated carbocycles. The summed E-state index contributed by atoms with van der Waals surface area (Å²) in [6.45, 7) is 2.15. The van der Waals surface area contributed by atoms with Gasteiger partial charge >= 0.3 is 0 Å². The summed E-state index contributed by atoms with van der Waals surface area (Å²) in [6, 6.07) is 10.3. The average Bonchev–Trinajstić information content (AvgIpc) is 2.64. The fourth-order valence-corrected chi connectivity index (χ4v) is 5.61. The van der Waals surface area contributed by atoms with Crippen LogP contribution in [0.25, 0.3) is 0 Å². The number of nitrogens with zero attached hydrogens (tertiary/aromatic N) is 1. The van der Waals surface area contributed by atoms with Crippen LogP contribution in [-0.4, -0.2) is 26.6 Å². The van der Waals surface area contributed by atoms with Crippen molar-refractivity contribution in [2.24, 2.45) is 0 Å². The van der Waals surface area contributed by atoms with Crippen LogP contribution in [0.2, 0.25) is 0 Å². The number of halogens is 1. The van der Waals surface area contributed by atoms with Crippen molar-refractivity contribution >= 4 is 21.4 Å². The first kappa shape index (κ1) is 17.2. The van der Waals surface area contributed by atoms with Gasteiger partial charge in [0.25, 0.3) is 0 Å². The summed E-state index contributed by atoms with van der Waals surface area (Å²) < 4.78 is 39.4. The predicted octanol–water partition coefficient (Wildman–Crippen LogP) is 3.37. The van der Waals surface area contributed by atoms with Gasteiger partial charge in [-0.05, 0) is 48.9 Å². The summed E-state index contributed by atoms with van der Waals surface area (Å²) in [5.74, 6) is -1.18. The van der Waals surface area contributed by atoms with Gasteiger partial charge in [-0.25, -0.2) is 12.8 Å². The van der Waals surface area contributed by atoms with Crippen molar-refractivity contribution in [1.82, 2.24) is 0 Å². The van der Waals surface area contributed by atoms with Crippen LogP contribution in [0.4, 0.5) is 10.1 Å². The maximum Gasteiger partial charge on any atom is 0.234 e. The van der Waals surface area contributed by atoms with Crippen molar-refractivity contribution in [3.8, 4) is 0 Å². The van der Waals surface area contributed by atoms with Crippen molar-refractivity contribution in [2.75, 3.05) is 17.2 Å². The van der Waals surface area contributed by atoms with Gasteiger partial charge < -0.3 is 4.90 Å². The van der Waals surface area contributed by atoms with Crippen LogP contribution < -0.4 is 4.90 Å². The monoisotopic (exact) mass is 373 g/mol. The lowest BCUT2D eigenvalue weighted by molar-refractivity contribution is -0.120. The number of rotatable bonds is 1. The maximum absolute atomic E-state index is 14.8. The zero-order valence-corrected chi connectivity index (χ0v) is 15.4. The molecule has 0 bridgehead atoms. The average molecular weight is 373 g/mol. The third-order valence-corrected chi connectivity index (χ3v) is 7.17.